The van der Waals surface area contributed by atoms with Crippen LogP contribution in [0.25, 0.3) is 0 Å². The van der Waals surface area contributed by atoms with Crippen molar-refractivity contribution in [2.45, 2.75) is 0 Å². The van der Waals surface area contributed by atoms with Gasteiger partial charge in [-0.2, -0.15) is 0 Å². The summed E-state index contributed by atoms with van der Waals surface area (Å²) in [5.74, 6) is 0. The summed E-state index contributed by atoms with van der Waals surface area (Å²) in [5.41, 5.74) is 0. The second-order valence-corrected chi connectivity index (χ2v) is 0.856. The van der Waals surface area contributed by atoms with Gasteiger partial charge in [0.25, 0.3) is 0 Å². The maximum atomic E-state index is 8.81. The molecule has 0 fully saturated rings. The third-order valence-electron chi connectivity index (χ3n) is 0. The number of thiol groups is 1. The number of nitrogens with two attached hydrogens (primary N) is 1. The SMILES string of the molecule is N[SH](=O)=O.[Cu]. The molecule has 0 aromatic heterocycles. The third kappa shape index (κ3) is 142. The van der Waals surface area contributed by atoms with Crippen molar-refractivity contribution in [1.29, 1.82) is 0 Å². The molecule has 0 saturated carbocycles. The Morgan fingerprint density at radius 3 is 1.40 bits per heavy atom. The molecule has 0 aliphatic rings. The molecule has 37 valence electrons. The van der Waals surface area contributed by atoms with E-state index >= 15 is 0 Å². The summed E-state index contributed by atoms with van der Waals surface area (Å²) in [5, 5.41) is 4.06. The van der Waals surface area contributed by atoms with Crippen molar-refractivity contribution in [3.8, 4) is 0 Å². The zero-order chi connectivity index (χ0) is 3.58. The van der Waals surface area contributed by atoms with Gasteiger partial charge in [0.2, 0.25) is 0 Å². The van der Waals surface area contributed by atoms with Gasteiger partial charge in [0, 0.05) is 17.1 Å². The predicted octanol–water partition coefficient (Wildman–Crippen LogP) is -1.53. The molecule has 5 heteroatoms. The van der Waals surface area contributed by atoms with Crippen LogP contribution in [0, 0.1) is 0 Å². The molecule has 0 spiro atoms. The standard InChI is InChI=1S/Cu.H3NO2S/c;1-4(2)3/h;4H,(H2,1,2,3). The minimum Gasteiger partial charge on any atom is -0.231 e. The first-order valence-electron chi connectivity index (χ1n) is 0.623. The van der Waals surface area contributed by atoms with Crippen LogP contribution in [-0.4, -0.2) is 8.42 Å². The number of hydrogen-bond donors (Lipinski definition) is 2. The normalized spacial score (nSPS) is 6.80. The van der Waals surface area contributed by atoms with Crippen LogP contribution in [0.2, 0.25) is 0 Å². The van der Waals surface area contributed by atoms with E-state index in [1.54, 1.807) is 0 Å². The van der Waals surface area contributed by atoms with Crippen LogP contribution < -0.4 is 5.14 Å². The Morgan fingerprint density at radius 2 is 1.40 bits per heavy atom. The zero-order valence-electron chi connectivity index (χ0n) is 2.14. The Labute approximate surface area is 42.1 Å². The second kappa shape index (κ2) is 4.43. The smallest absolute Gasteiger partial charge is 0.198 e. The van der Waals surface area contributed by atoms with Crippen molar-refractivity contribution in [2.75, 3.05) is 0 Å². The fourth-order valence-corrected chi connectivity index (χ4v) is 0. The summed E-state index contributed by atoms with van der Waals surface area (Å²) in [6.07, 6.45) is 0. The molecule has 2 N–H and O–H groups in total. The van der Waals surface area contributed by atoms with E-state index in [-0.39, 0.29) is 17.1 Å². The van der Waals surface area contributed by atoms with Gasteiger partial charge < -0.3 is 0 Å². The van der Waals surface area contributed by atoms with Crippen molar-refractivity contribution in [3.05, 3.63) is 0 Å². The van der Waals surface area contributed by atoms with Crippen molar-refractivity contribution in [3.63, 3.8) is 0 Å². The summed E-state index contributed by atoms with van der Waals surface area (Å²) < 4.78 is 17.6. The molecule has 0 atom stereocenters. The van der Waals surface area contributed by atoms with Gasteiger partial charge in [-0.15, -0.1) is 0 Å². The largest absolute Gasteiger partial charge is 0.231 e. The van der Waals surface area contributed by atoms with E-state index in [0.717, 1.165) is 0 Å². The fraction of sp³-hybridized carbons (Fsp3) is 0. The summed E-state index contributed by atoms with van der Waals surface area (Å²) in [6.45, 7) is 0. The minimum atomic E-state index is -2.62. The van der Waals surface area contributed by atoms with Crippen molar-refractivity contribution in [2.24, 2.45) is 5.14 Å². The number of hydrogen-bond acceptors (Lipinski definition) is 2. The van der Waals surface area contributed by atoms with Crippen LogP contribution in [0.5, 0.6) is 0 Å². The fourth-order valence-electron chi connectivity index (χ4n) is 0. The van der Waals surface area contributed by atoms with E-state index in [2.05, 4.69) is 5.14 Å². The monoisotopic (exact) mass is 144 g/mol. The quantitative estimate of drug-likeness (QED) is 0.320. The molecule has 3 nitrogen and oxygen atoms in total. The molecular weight excluding hydrogens is 142 g/mol. The van der Waals surface area contributed by atoms with Gasteiger partial charge in [-0.1, -0.05) is 0 Å². The van der Waals surface area contributed by atoms with Crippen LogP contribution in [-0.2, 0) is 28.0 Å². The van der Waals surface area contributed by atoms with Crippen LogP contribution in [0.15, 0.2) is 0 Å². The summed E-state index contributed by atoms with van der Waals surface area (Å²) in [6, 6.07) is 0. The Balaban J connectivity index is 0. The Hall–Kier alpha value is 0.429. The first kappa shape index (κ1) is 9.06. The van der Waals surface area contributed by atoms with E-state index in [1.807, 2.05) is 0 Å². The van der Waals surface area contributed by atoms with Crippen LogP contribution in [0.3, 0.4) is 0 Å². The Bertz CT molecular complexity index is 58.0. The van der Waals surface area contributed by atoms with Gasteiger partial charge in [-0.3, -0.25) is 0 Å². The van der Waals surface area contributed by atoms with Gasteiger partial charge in [0.15, 0.2) is 10.9 Å². The molecule has 0 unspecified atom stereocenters. The van der Waals surface area contributed by atoms with E-state index < -0.39 is 10.9 Å². The molecule has 0 saturated heterocycles. The molecule has 0 aliphatic carbocycles. The average Bonchev–Trinajstić information content (AvgIpc) is 0.811. The van der Waals surface area contributed by atoms with E-state index in [1.165, 1.54) is 0 Å². The first-order chi connectivity index (χ1) is 1.73. The Morgan fingerprint density at radius 1 is 1.40 bits per heavy atom. The van der Waals surface area contributed by atoms with Crippen molar-refractivity contribution >= 4 is 10.9 Å². The van der Waals surface area contributed by atoms with E-state index in [0.29, 0.717) is 0 Å². The first-order valence-corrected chi connectivity index (χ1v) is 1.87. The molecule has 0 heterocycles. The molecule has 1 radical (unpaired) electrons. The Kier molecular flexibility index (Phi) is 8.02. The predicted molar refractivity (Wildman–Crippen MR) is 14.5 cm³/mol. The maximum Gasteiger partial charge on any atom is 0.198 e. The van der Waals surface area contributed by atoms with Gasteiger partial charge in [0.05, 0.1) is 0 Å². The maximum absolute atomic E-state index is 8.81. The van der Waals surface area contributed by atoms with Crippen LogP contribution in [0.4, 0.5) is 0 Å². The third-order valence-corrected chi connectivity index (χ3v) is 0. The van der Waals surface area contributed by atoms with Crippen molar-refractivity contribution < 1.29 is 25.5 Å². The van der Waals surface area contributed by atoms with Crippen LogP contribution >= 0.6 is 0 Å². The molecule has 0 amide bonds. The van der Waals surface area contributed by atoms with E-state index in [4.69, 9.17) is 8.42 Å². The van der Waals surface area contributed by atoms with Crippen molar-refractivity contribution in [1.82, 2.24) is 0 Å². The molecule has 0 rings (SSSR count). The van der Waals surface area contributed by atoms with Crippen LogP contribution in [0.1, 0.15) is 0 Å². The summed E-state index contributed by atoms with van der Waals surface area (Å²) >= 11 is 0. The molecule has 0 aliphatic heterocycles. The summed E-state index contributed by atoms with van der Waals surface area (Å²) in [4.78, 5) is 0. The zero-order valence-corrected chi connectivity index (χ0v) is 3.98. The average molecular weight is 145 g/mol. The molecule has 5 heavy (non-hydrogen) atoms. The van der Waals surface area contributed by atoms with Gasteiger partial charge in [0.1, 0.15) is 0 Å². The molecule has 0 aromatic rings. The van der Waals surface area contributed by atoms with Gasteiger partial charge >= 0.3 is 0 Å². The van der Waals surface area contributed by atoms with Gasteiger partial charge in [-0.05, 0) is 0 Å². The topological polar surface area (TPSA) is 60.2 Å². The number of rotatable bonds is 0. The molecular formula is H3CuNO2S. The summed E-state index contributed by atoms with van der Waals surface area (Å²) in [7, 11) is -2.62. The molecule has 0 bridgehead atoms. The minimum absolute atomic E-state index is 0. The second-order valence-electron chi connectivity index (χ2n) is 0.285. The van der Waals surface area contributed by atoms with Gasteiger partial charge in [-0.25, -0.2) is 13.6 Å². The molecule has 0 aromatic carbocycles. The van der Waals surface area contributed by atoms with E-state index in [9.17, 15) is 0 Å².